The van der Waals surface area contributed by atoms with Crippen molar-refractivity contribution in [3.63, 3.8) is 0 Å². The topological polar surface area (TPSA) is 93.1 Å². The molecule has 3 rings (SSSR count). The summed E-state index contributed by atoms with van der Waals surface area (Å²) in [5, 5.41) is 19.7. The molecule has 3 aromatic rings. The molecule has 0 aliphatic heterocycles. The van der Waals surface area contributed by atoms with Gasteiger partial charge in [-0.2, -0.15) is 0 Å². The lowest BCUT2D eigenvalue weighted by Gasteiger charge is -2.09. The molecule has 142 valence electrons. The zero-order valence-corrected chi connectivity index (χ0v) is 15.3. The fourth-order valence-electron chi connectivity index (χ4n) is 2.55. The number of hydrogen-bond donors (Lipinski definition) is 2. The standard InChI is InChI=1S/C22H18O6/c1-13-6-8-19(23)17(10-13)21(25)27-15-4-3-5-16(12-15)28-22(26)18-11-14(2)7-9-20(18)24/h3-12,23-24H,1-2H3. The van der Waals surface area contributed by atoms with Crippen LogP contribution < -0.4 is 9.47 Å². The van der Waals surface area contributed by atoms with E-state index in [4.69, 9.17) is 9.47 Å². The normalized spacial score (nSPS) is 10.4. The van der Waals surface area contributed by atoms with E-state index in [-0.39, 0.29) is 34.1 Å². The first-order chi connectivity index (χ1) is 13.3. The zero-order chi connectivity index (χ0) is 20.3. The van der Waals surface area contributed by atoms with Crippen LogP contribution >= 0.6 is 0 Å². The Morgan fingerprint density at radius 3 is 1.54 bits per heavy atom. The summed E-state index contributed by atoms with van der Waals surface area (Å²) < 4.78 is 10.5. The highest BCUT2D eigenvalue weighted by Crippen LogP contribution is 2.25. The lowest BCUT2D eigenvalue weighted by Crippen LogP contribution is -2.11. The third-order valence-electron chi connectivity index (χ3n) is 3.97. The molecule has 2 N–H and O–H groups in total. The first kappa shape index (κ1) is 19.0. The van der Waals surface area contributed by atoms with Crippen LogP contribution in [0.2, 0.25) is 0 Å². The van der Waals surface area contributed by atoms with Crippen molar-refractivity contribution in [3.8, 4) is 23.0 Å². The summed E-state index contributed by atoms with van der Waals surface area (Å²) in [6, 6.07) is 15.2. The van der Waals surface area contributed by atoms with E-state index >= 15 is 0 Å². The van der Waals surface area contributed by atoms with E-state index in [1.54, 1.807) is 32.0 Å². The predicted octanol–water partition coefficient (Wildman–Crippen LogP) is 4.15. The Balaban J connectivity index is 1.77. The number of esters is 2. The van der Waals surface area contributed by atoms with Gasteiger partial charge in [0.1, 0.15) is 34.1 Å². The molecule has 0 aliphatic rings. The molecule has 0 saturated heterocycles. The van der Waals surface area contributed by atoms with Gasteiger partial charge in [0.15, 0.2) is 0 Å². The molecule has 0 spiro atoms. The molecule has 0 aromatic heterocycles. The second kappa shape index (κ2) is 7.84. The average molecular weight is 378 g/mol. The second-order valence-electron chi connectivity index (χ2n) is 6.30. The van der Waals surface area contributed by atoms with E-state index in [1.807, 2.05) is 0 Å². The fourth-order valence-corrected chi connectivity index (χ4v) is 2.55. The second-order valence-corrected chi connectivity index (χ2v) is 6.30. The maximum absolute atomic E-state index is 12.3. The minimum absolute atomic E-state index is 0.0343. The highest BCUT2D eigenvalue weighted by Gasteiger charge is 2.16. The van der Waals surface area contributed by atoms with Crippen molar-refractivity contribution in [2.24, 2.45) is 0 Å². The van der Waals surface area contributed by atoms with Gasteiger partial charge < -0.3 is 19.7 Å². The summed E-state index contributed by atoms with van der Waals surface area (Å²) in [4.78, 5) is 24.6. The number of phenols is 2. The van der Waals surface area contributed by atoms with Gasteiger partial charge >= 0.3 is 11.9 Å². The molecule has 0 heterocycles. The minimum atomic E-state index is -0.735. The van der Waals surface area contributed by atoms with Crippen LogP contribution in [0.4, 0.5) is 0 Å². The number of aryl methyl sites for hydroxylation is 2. The van der Waals surface area contributed by atoms with Crippen molar-refractivity contribution in [1.29, 1.82) is 0 Å². The number of aromatic hydroxyl groups is 2. The maximum Gasteiger partial charge on any atom is 0.347 e. The number of rotatable bonds is 4. The molecule has 0 saturated carbocycles. The molecule has 0 aliphatic carbocycles. The Morgan fingerprint density at radius 1 is 0.679 bits per heavy atom. The van der Waals surface area contributed by atoms with E-state index in [0.717, 1.165) is 11.1 Å². The van der Waals surface area contributed by atoms with Crippen molar-refractivity contribution in [2.45, 2.75) is 13.8 Å². The third kappa shape index (κ3) is 4.29. The lowest BCUT2D eigenvalue weighted by molar-refractivity contribution is 0.0730. The Kier molecular flexibility index (Phi) is 5.31. The molecule has 0 amide bonds. The Hall–Kier alpha value is -3.80. The number of phenolic OH excluding ortho intramolecular Hbond substituents is 2. The summed E-state index contributed by atoms with van der Waals surface area (Å²) in [6.07, 6.45) is 0. The van der Waals surface area contributed by atoms with Crippen LogP contribution in [0, 0.1) is 13.8 Å². The van der Waals surface area contributed by atoms with Crippen LogP contribution in [0.3, 0.4) is 0 Å². The lowest BCUT2D eigenvalue weighted by atomic mass is 10.1. The van der Waals surface area contributed by atoms with Gasteiger partial charge in [-0.3, -0.25) is 0 Å². The van der Waals surface area contributed by atoms with Gasteiger partial charge in [-0.15, -0.1) is 0 Å². The maximum atomic E-state index is 12.3. The number of benzene rings is 3. The number of carbonyl (C=O) groups is 2. The Labute approximate surface area is 161 Å². The molecule has 28 heavy (non-hydrogen) atoms. The van der Waals surface area contributed by atoms with Crippen LogP contribution in [0.15, 0.2) is 60.7 Å². The molecule has 0 fully saturated rings. The molecule has 3 aromatic carbocycles. The van der Waals surface area contributed by atoms with Crippen LogP contribution in [-0.2, 0) is 0 Å². The number of hydrogen-bond acceptors (Lipinski definition) is 6. The van der Waals surface area contributed by atoms with E-state index in [2.05, 4.69) is 0 Å². The van der Waals surface area contributed by atoms with Crippen LogP contribution in [0.25, 0.3) is 0 Å². The van der Waals surface area contributed by atoms with Crippen LogP contribution in [-0.4, -0.2) is 22.2 Å². The van der Waals surface area contributed by atoms with Gasteiger partial charge in [0.05, 0.1) is 0 Å². The summed E-state index contributed by atoms with van der Waals surface area (Å²) in [5.41, 5.74) is 1.66. The Bertz CT molecular complexity index is 974. The quantitative estimate of drug-likeness (QED) is 0.523. The smallest absolute Gasteiger partial charge is 0.347 e. The van der Waals surface area contributed by atoms with E-state index in [9.17, 15) is 19.8 Å². The largest absolute Gasteiger partial charge is 0.507 e. The highest BCUT2D eigenvalue weighted by molar-refractivity contribution is 5.95. The summed E-state index contributed by atoms with van der Waals surface area (Å²) in [5.74, 6) is -1.56. The fraction of sp³-hybridized carbons (Fsp3) is 0.0909. The van der Waals surface area contributed by atoms with Crippen molar-refractivity contribution in [1.82, 2.24) is 0 Å². The molecule has 0 bridgehead atoms. The molecule has 0 atom stereocenters. The Morgan fingerprint density at radius 2 is 1.11 bits per heavy atom. The van der Waals surface area contributed by atoms with Gasteiger partial charge in [-0.05, 0) is 50.2 Å². The summed E-state index contributed by atoms with van der Waals surface area (Å²) in [6.45, 7) is 3.58. The summed E-state index contributed by atoms with van der Waals surface area (Å²) >= 11 is 0. The van der Waals surface area contributed by atoms with Crippen LogP contribution in [0.5, 0.6) is 23.0 Å². The van der Waals surface area contributed by atoms with Crippen molar-refractivity contribution in [2.75, 3.05) is 0 Å². The first-order valence-electron chi connectivity index (χ1n) is 8.47. The van der Waals surface area contributed by atoms with Crippen molar-refractivity contribution >= 4 is 11.9 Å². The summed E-state index contributed by atoms with van der Waals surface area (Å²) in [7, 11) is 0. The van der Waals surface area contributed by atoms with E-state index < -0.39 is 11.9 Å². The van der Waals surface area contributed by atoms with Gasteiger partial charge in [0.2, 0.25) is 0 Å². The van der Waals surface area contributed by atoms with Gasteiger partial charge in [-0.25, -0.2) is 9.59 Å². The molecule has 6 nitrogen and oxygen atoms in total. The third-order valence-corrected chi connectivity index (χ3v) is 3.97. The van der Waals surface area contributed by atoms with Gasteiger partial charge in [-0.1, -0.05) is 29.3 Å². The highest BCUT2D eigenvalue weighted by atomic mass is 16.5. The zero-order valence-electron chi connectivity index (χ0n) is 15.3. The van der Waals surface area contributed by atoms with E-state index in [0.29, 0.717) is 0 Å². The average Bonchev–Trinajstić information content (AvgIpc) is 2.65. The molecule has 6 heteroatoms. The minimum Gasteiger partial charge on any atom is -0.507 e. The number of ether oxygens (including phenoxy) is 2. The molecular formula is C22H18O6. The van der Waals surface area contributed by atoms with Crippen molar-refractivity contribution in [3.05, 3.63) is 82.9 Å². The molecule has 0 unspecified atom stereocenters. The van der Waals surface area contributed by atoms with Crippen LogP contribution in [0.1, 0.15) is 31.8 Å². The molecule has 0 radical (unpaired) electrons. The monoisotopic (exact) mass is 378 g/mol. The predicted molar refractivity (Wildman–Crippen MR) is 102 cm³/mol. The van der Waals surface area contributed by atoms with Gasteiger partial charge in [0.25, 0.3) is 0 Å². The van der Waals surface area contributed by atoms with Gasteiger partial charge in [0, 0.05) is 6.07 Å². The number of carbonyl (C=O) groups excluding carboxylic acids is 2. The van der Waals surface area contributed by atoms with Crippen molar-refractivity contribution < 1.29 is 29.3 Å². The SMILES string of the molecule is Cc1ccc(O)c(C(=O)Oc2cccc(OC(=O)c3cc(C)ccc3O)c2)c1. The van der Waals surface area contributed by atoms with E-state index in [1.165, 1.54) is 42.5 Å². The first-order valence-corrected chi connectivity index (χ1v) is 8.47. The molecular weight excluding hydrogens is 360 g/mol.